The van der Waals surface area contributed by atoms with Crippen molar-refractivity contribution in [3.63, 3.8) is 0 Å². The highest BCUT2D eigenvalue weighted by molar-refractivity contribution is 9.10. The number of nitrogens with two attached hydrogens (primary N) is 1. The van der Waals surface area contributed by atoms with E-state index in [1.54, 1.807) is 0 Å². The van der Waals surface area contributed by atoms with Crippen molar-refractivity contribution in [2.75, 3.05) is 6.54 Å². The molecule has 1 saturated carbocycles. The van der Waals surface area contributed by atoms with Gasteiger partial charge in [0, 0.05) is 14.6 Å². The van der Waals surface area contributed by atoms with Crippen molar-refractivity contribution in [1.29, 1.82) is 0 Å². The zero-order valence-electron chi connectivity index (χ0n) is 10.2. The van der Waals surface area contributed by atoms with Gasteiger partial charge < -0.3 is 5.73 Å². The van der Waals surface area contributed by atoms with Gasteiger partial charge in [0.05, 0.1) is 0 Å². The molecule has 0 amide bonds. The Kier molecular flexibility index (Phi) is 4.95. The zero-order chi connectivity index (χ0) is 12.3. The molecule has 1 aromatic carbocycles. The first-order valence-corrected chi connectivity index (χ1v) is 7.98. The molecule has 3 atom stereocenters. The van der Waals surface area contributed by atoms with Crippen molar-refractivity contribution in [3.05, 3.63) is 28.7 Å². The van der Waals surface area contributed by atoms with Crippen molar-refractivity contribution in [2.45, 2.75) is 36.3 Å². The van der Waals surface area contributed by atoms with Gasteiger partial charge in [-0.1, -0.05) is 29.3 Å². The fourth-order valence-corrected chi connectivity index (χ4v) is 4.26. The summed E-state index contributed by atoms with van der Waals surface area (Å²) in [5.74, 6) is 1.55. The molecule has 3 unspecified atom stereocenters. The topological polar surface area (TPSA) is 26.0 Å². The van der Waals surface area contributed by atoms with Gasteiger partial charge in [0.2, 0.25) is 0 Å². The summed E-state index contributed by atoms with van der Waals surface area (Å²) in [4.78, 5) is 1.37. The van der Waals surface area contributed by atoms with Crippen LogP contribution in [0.25, 0.3) is 0 Å². The molecule has 17 heavy (non-hydrogen) atoms. The number of halogens is 1. The maximum Gasteiger partial charge on any atom is 0.0176 e. The molecule has 0 heterocycles. The van der Waals surface area contributed by atoms with Crippen molar-refractivity contribution in [1.82, 2.24) is 0 Å². The molecule has 0 aromatic heterocycles. The lowest BCUT2D eigenvalue weighted by Gasteiger charge is -2.33. The highest BCUT2D eigenvalue weighted by Gasteiger charge is 2.28. The third kappa shape index (κ3) is 3.73. The van der Waals surface area contributed by atoms with Gasteiger partial charge in [-0.15, -0.1) is 11.8 Å². The molecule has 1 aliphatic carbocycles. The molecule has 1 nitrogen and oxygen atoms in total. The summed E-state index contributed by atoms with van der Waals surface area (Å²) in [6, 6.07) is 8.63. The summed E-state index contributed by atoms with van der Waals surface area (Å²) >= 11 is 5.49. The average molecular weight is 314 g/mol. The van der Waals surface area contributed by atoms with Gasteiger partial charge in [-0.3, -0.25) is 0 Å². The molecule has 0 radical (unpaired) electrons. The SMILES string of the molecule is CC1CCC(CN)C(Sc2ccc(Br)cc2)C1. The maximum atomic E-state index is 5.90. The van der Waals surface area contributed by atoms with Crippen LogP contribution in [-0.4, -0.2) is 11.8 Å². The van der Waals surface area contributed by atoms with Gasteiger partial charge >= 0.3 is 0 Å². The second-order valence-electron chi connectivity index (χ2n) is 5.02. The van der Waals surface area contributed by atoms with Crippen LogP contribution in [0.5, 0.6) is 0 Å². The van der Waals surface area contributed by atoms with Crippen molar-refractivity contribution in [3.8, 4) is 0 Å². The molecule has 3 heteroatoms. The van der Waals surface area contributed by atoms with E-state index in [2.05, 4.69) is 47.1 Å². The molecule has 0 bridgehead atoms. The molecular formula is C14H20BrNS. The van der Waals surface area contributed by atoms with Crippen molar-refractivity contribution < 1.29 is 0 Å². The van der Waals surface area contributed by atoms with Crippen LogP contribution >= 0.6 is 27.7 Å². The van der Waals surface area contributed by atoms with E-state index in [9.17, 15) is 0 Å². The molecule has 1 aliphatic rings. The quantitative estimate of drug-likeness (QED) is 0.900. The van der Waals surface area contributed by atoms with Crippen LogP contribution in [0, 0.1) is 11.8 Å². The summed E-state index contributed by atoms with van der Waals surface area (Å²) in [5.41, 5.74) is 5.90. The number of hydrogen-bond acceptors (Lipinski definition) is 2. The van der Waals surface area contributed by atoms with E-state index in [1.165, 1.54) is 24.2 Å². The highest BCUT2D eigenvalue weighted by atomic mass is 79.9. The van der Waals surface area contributed by atoms with Crippen LogP contribution in [0.15, 0.2) is 33.6 Å². The number of rotatable bonds is 3. The number of hydrogen-bond donors (Lipinski definition) is 1. The van der Waals surface area contributed by atoms with E-state index >= 15 is 0 Å². The Balaban J connectivity index is 2.02. The van der Waals surface area contributed by atoms with Crippen molar-refractivity contribution >= 4 is 27.7 Å². The van der Waals surface area contributed by atoms with E-state index in [0.717, 1.165) is 16.9 Å². The minimum absolute atomic E-state index is 0.694. The van der Waals surface area contributed by atoms with Crippen LogP contribution in [0.1, 0.15) is 26.2 Å². The van der Waals surface area contributed by atoms with E-state index in [1.807, 2.05) is 11.8 Å². The van der Waals surface area contributed by atoms with Gasteiger partial charge in [0.15, 0.2) is 0 Å². The fraction of sp³-hybridized carbons (Fsp3) is 0.571. The summed E-state index contributed by atoms with van der Waals surface area (Å²) < 4.78 is 1.15. The largest absolute Gasteiger partial charge is 0.330 e. The Bertz CT molecular complexity index is 352. The third-order valence-electron chi connectivity index (χ3n) is 3.59. The van der Waals surface area contributed by atoms with E-state index in [-0.39, 0.29) is 0 Å². The van der Waals surface area contributed by atoms with Crippen molar-refractivity contribution in [2.24, 2.45) is 17.6 Å². The lowest BCUT2D eigenvalue weighted by atomic mass is 9.82. The van der Waals surface area contributed by atoms with Gasteiger partial charge in [0.25, 0.3) is 0 Å². The molecule has 2 rings (SSSR count). The van der Waals surface area contributed by atoms with Gasteiger partial charge in [0.1, 0.15) is 0 Å². The first-order chi connectivity index (χ1) is 8.19. The monoisotopic (exact) mass is 313 g/mol. The molecule has 94 valence electrons. The van der Waals surface area contributed by atoms with Gasteiger partial charge in [-0.05, 0) is 55.5 Å². The Morgan fingerprint density at radius 3 is 2.65 bits per heavy atom. The molecule has 0 saturated heterocycles. The predicted molar refractivity (Wildman–Crippen MR) is 79.3 cm³/mol. The Hall–Kier alpha value is 0.01000. The van der Waals surface area contributed by atoms with Crippen LogP contribution in [0.4, 0.5) is 0 Å². The molecule has 0 aliphatic heterocycles. The Labute approximate surface area is 117 Å². The lowest BCUT2D eigenvalue weighted by molar-refractivity contribution is 0.306. The average Bonchev–Trinajstić information content (AvgIpc) is 2.32. The second kappa shape index (κ2) is 6.26. The summed E-state index contributed by atoms with van der Waals surface area (Å²) in [5, 5.41) is 0.699. The molecule has 2 N–H and O–H groups in total. The smallest absolute Gasteiger partial charge is 0.0176 e. The predicted octanol–water partition coefficient (Wildman–Crippen LogP) is 4.30. The second-order valence-corrected chi connectivity index (χ2v) is 7.25. The fourth-order valence-electron chi connectivity index (χ4n) is 2.49. The number of benzene rings is 1. The lowest BCUT2D eigenvalue weighted by Crippen LogP contribution is -2.31. The molecule has 0 spiro atoms. The Morgan fingerprint density at radius 1 is 1.29 bits per heavy atom. The molecular weight excluding hydrogens is 294 g/mol. The van der Waals surface area contributed by atoms with E-state index in [0.29, 0.717) is 11.2 Å². The van der Waals surface area contributed by atoms with Gasteiger partial charge in [-0.2, -0.15) is 0 Å². The standard InChI is InChI=1S/C14H20BrNS/c1-10-2-3-11(9-16)14(8-10)17-13-6-4-12(15)5-7-13/h4-7,10-11,14H,2-3,8-9,16H2,1H3. The van der Waals surface area contributed by atoms with E-state index in [4.69, 9.17) is 5.73 Å². The summed E-state index contributed by atoms with van der Waals surface area (Å²) in [6.45, 7) is 3.20. The summed E-state index contributed by atoms with van der Waals surface area (Å²) in [6.07, 6.45) is 3.95. The van der Waals surface area contributed by atoms with Crippen LogP contribution < -0.4 is 5.73 Å². The zero-order valence-corrected chi connectivity index (χ0v) is 12.6. The van der Waals surface area contributed by atoms with Crippen LogP contribution in [-0.2, 0) is 0 Å². The Morgan fingerprint density at radius 2 is 2.00 bits per heavy atom. The van der Waals surface area contributed by atoms with Crippen LogP contribution in [0.2, 0.25) is 0 Å². The third-order valence-corrected chi connectivity index (χ3v) is 5.55. The molecule has 1 fully saturated rings. The number of thioether (sulfide) groups is 1. The van der Waals surface area contributed by atoms with E-state index < -0.39 is 0 Å². The minimum atomic E-state index is 0.694. The molecule has 1 aromatic rings. The minimum Gasteiger partial charge on any atom is -0.330 e. The normalized spacial score (nSPS) is 29.2. The van der Waals surface area contributed by atoms with Crippen LogP contribution in [0.3, 0.4) is 0 Å². The first kappa shape index (κ1) is 13.4. The highest BCUT2D eigenvalue weighted by Crippen LogP contribution is 2.39. The summed E-state index contributed by atoms with van der Waals surface area (Å²) in [7, 11) is 0. The maximum absolute atomic E-state index is 5.90. The van der Waals surface area contributed by atoms with Gasteiger partial charge in [-0.25, -0.2) is 0 Å². The first-order valence-electron chi connectivity index (χ1n) is 6.31.